The number of carbonyl (C=O) groups is 4. The van der Waals surface area contributed by atoms with Gasteiger partial charge in [-0.15, -0.1) is 0 Å². The van der Waals surface area contributed by atoms with Gasteiger partial charge < -0.3 is 9.80 Å². The molecule has 2 aromatic carbocycles. The van der Waals surface area contributed by atoms with Crippen molar-refractivity contribution in [3.05, 3.63) is 75.3 Å². The molecule has 4 amide bonds. The second kappa shape index (κ2) is 11.9. The van der Waals surface area contributed by atoms with Crippen molar-refractivity contribution < 1.29 is 19.2 Å². The Morgan fingerprint density at radius 2 is 1.79 bits per heavy atom. The third kappa shape index (κ3) is 6.27. The van der Waals surface area contributed by atoms with Crippen molar-refractivity contribution in [1.29, 1.82) is 0 Å². The molecule has 0 aromatic heterocycles. The number of fused-ring (bicyclic) bond motifs is 1. The van der Waals surface area contributed by atoms with E-state index in [0.29, 0.717) is 30.6 Å². The number of carbonyl (C=O) groups excluding carboxylic acids is 4. The number of piperidine rings is 1. The van der Waals surface area contributed by atoms with Crippen LogP contribution in [0.25, 0.3) is 5.57 Å². The lowest BCUT2D eigenvalue weighted by Crippen LogP contribution is -2.52. The Kier molecular flexibility index (Phi) is 8.18. The molecule has 0 saturated carbocycles. The number of allylic oxidation sites excluding steroid dienone is 1. The molecule has 2 fully saturated rings. The summed E-state index contributed by atoms with van der Waals surface area (Å²) >= 11 is 6.18. The lowest BCUT2D eigenvalue weighted by Gasteiger charge is -2.35. The van der Waals surface area contributed by atoms with E-state index in [-0.39, 0.29) is 36.1 Å². The smallest absolute Gasteiger partial charge is 0.255 e. The van der Waals surface area contributed by atoms with Gasteiger partial charge in [-0.25, -0.2) is 0 Å². The first-order chi connectivity index (χ1) is 20.6. The second-order valence-electron chi connectivity index (χ2n) is 13.1. The molecular weight excluding hydrogens is 564 g/mol. The summed E-state index contributed by atoms with van der Waals surface area (Å²) in [7, 11) is 0. The molecule has 9 heteroatoms. The van der Waals surface area contributed by atoms with Gasteiger partial charge in [0.25, 0.3) is 11.8 Å². The van der Waals surface area contributed by atoms with Crippen molar-refractivity contribution in [3.63, 3.8) is 0 Å². The maximum atomic E-state index is 13.6. The van der Waals surface area contributed by atoms with Crippen molar-refractivity contribution in [1.82, 2.24) is 20.0 Å². The summed E-state index contributed by atoms with van der Waals surface area (Å²) in [6.45, 7) is 8.93. The van der Waals surface area contributed by atoms with E-state index in [2.05, 4.69) is 36.2 Å². The molecule has 226 valence electrons. The molecule has 6 rings (SSSR count). The first-order valence-electron chi connectivity index (χ1n) is 15.3. The van der Waals surface area contributed by atoms with Crippen LogP contribution in [0.3, 0.4) is 0 Å². The number of amides is 4. The SMILES string of the molecule is CC1(C)CCC(CN2CCCN(C(=O)c3ccc4c(c3)CN(C3CCC(=O)NC3=O)C4=O)CC2)=C(c2ccc(Cl)cc2)C1. The summed E-state index contributed by atoms with van der Waals surface area (Å²) in [5, 5.41) is 3.08. The molecule has 0 radical (unpaired) electrons. The molecule has 1 unspecified atom stereocenters. The molecule has 8 nitrogen and oxygen atoms in total. The van der Waals surface area contributed by atoms with E-state index in [1.54, 1.807) is 18.2 Å². The lowest BCUT2D eigenvalue weighted by atomic mass is 9.72. The van der Waals surface area contributed by atoms with Crippen LogP contribution in [-0.2, 0) is 16.1 Å². The number of imide groups is 1. The van der Waals surface area contributed by atoms with E-state index < -0.39 is 11.9 Å². The van der Waals surface area contributed by atoms with Crippen molar-refractivity contribution in [2.75, 3.05) is 32.7 Å². The monoisotopic (exact) mass is 602 g/mol. The highest BCUT2D eigenvalue weighted by atomic mass is 35.5. The van der Waals surface area contributed by atoms with Crippen LogP contribution >= 0.6 is 11.6 Å². The van der Waals surface area contributed by atoms with Gasteiger partial charge in [0.05, 0.1) is 0 Å². The third-order valence-electron chi connectivity index (χ3n) is 9.44. The van der Waals surface area contributed by atoms with E-state index in [1.165, 1.54) is 28.0 Å². The Balaban J connectivity index is 1.12. The largest absolute Gasteiger partial charge is 0.337 e. The molecule has 1 aliphatic carbocycles. The Hall–Kier alpha value is -3.49. The molecule has 1 N–H and O–H groups in total. The molecule has 2 saturated heterocycles. The van der Waals surface area contributed by atoms with Crippen LogP contribution in [0.1, 0.15) is 84.2 Å². The zero-order chi connectivity index (χ0) is 30.3. The number of benzene rings is 2. The minimum Gasteiger partial charge on any atom is -0.337 e. The van der Waals surface area contributed by atoms with Crippen LogP contribution in [0.2, 0.25) is 5.02 Å². The number of rotatable bonds is 5. The predicted molar refractivity (Wildman–Crippen MR) is 165 cm³/mol. The molecule has 0 bridgehead atoms. The first kappa shape index (κ1) is 29.6. The normalized spacial score (nSPS) is 22.9. The van der Waals surface area contributed by atoms with Crippen LogP contribution < -0.4 is 5.32 Å². The van der Waals surface area contributed by atoms with Crippen LogP contribution in [0.5, 0.6) is 0 Å². The summed E-state index contributed by atoms with van der Waals surface area (Å²) in [6.07, 6.45) is 4.71. The van der Waals surface area contributed by atoms with E-state index >= 15 is 0 Å². The lowest BCUT2D eigenvalue weighted by molar-refractivity contribution is -0.136. The minimum atomic E-state index is -0.668. The molecule has 43 heavy (non-hydrogen) atoms. The van der Waals surface area contributed by atoms with Gasteiger partial charge in [0.2, 0.25) is 11.8 Å². The van der Waals surface area contributed by atoms with Gasteiger partial charge in [0.15, 0.2) is 0 Å². The number of nitrogens with one attached hydrogen (secondary N) is 1. The maximum Gasteiger partial charge on any atom is 0.255 e. The molecular formula is C34H39ClN4O4. The summed E-state index contributed by atoms with van der Waals surface area (Å²) < 4.78 is 0. The Labute approximate surface area is 258 Å². The summed E-state index contributed by atoms with van der Waals surface area (Å²) in [4.78, 5) is 56.6. The van der Waals surface area contributed by atoms with Crippen LogP contribution in [0, 0.1) is 5.41 Å². The number of halogens is 1. The van der Waals surface area contributed by atoms with E-state index in [0.717, 1.165) is 49.5 Å². The van der Waals surface area contributed by atoms with Crippen LogP contribution in [-0.4, -0.2) is 77.1 Å². The molecule has 3 aliphatic heterocycles. The topological polar surface area (TPSA) is 90.0 Å². The summed E-state index contributed by atoms with van der Waals surface area (Å²) in [5.74, 6) is -1.00. The number of nitrogens with zero attached hydrogens (tertiary/aromatic N) is 3. The molecule has 0 spiro atoms. The summed E-state index contributed by atoms with van der Waals surface area (Å²) in [5.41, 5.74) is 6.27. The van der Waals surface area contributed by atoms with Crippen LogP contribution in [0.4, 0.5) is 0 Å². The fraction of sp³-hybridized carbons (Fsp3) is 0.471. The highest BCUT2D eigenvalue weighted by Gasteiger charge is 2.39. The van der Waals surface area contributed by atoms with Crippen LogP contribution in [0.15, 0.2) is 48.0 Å². The fourth-order valence-corrected chi connectivity index (χ4v) is 7.08. The Morgan fingerprint density at radius 3 is 2.56 bits per heavy atom. The van der Waals surface area contributed by atoms with Gasteiger partial charge in [-0.2, -0.15) is 0 Å². The molecule has 4 aliphatic rings. The van der Waals surface area contributed by atoms with Gasteiger partial charge in [-0.3, -0.25) is 29.4 Å². The minimum absolute atomic E-state index is 0.0305. The highest BCUT2D eigenvalue weighted by molar-refractivity contribution is 6.30. The van der Waals surface area contributed by atoms with Crippen molar-refractivity contribution in [3.8, 4) is 0 Å². The second-order valence-corrected chi connectivity index (χ2v) is 13.6. The maximum absolute atomic E-state index is 13.6. The summed E-state index contributed by atoms with van der Waals surface area (Å²) in [6, 6.07) is 12.8. The van der Waals surface area contributed by atoms with Gasteiger partial charge >= 0.3 is 0 Å². The van der Waals surface area contributed by atoms with Crippen molar-refractivity contribution in [2.45, 2.75) is 65.0 Å². The van der Waals surface area contributed by atoms with E-state index in [9.17, 15) is 19.2 Å². The van der Waals surface area contributed by atoms with Crippen molar-refractivity contribution >= 4 is 40.8 Å². The van der Waals surface area contributed by atoms with E-state index in [1.807, 2.05) is 17.0 Å². The zero-order valence-electron chi connectivity index (χ0n) is 25.0. The zero-order valence-corrected chi connectivity index (χ0v) is 25.7. The average Bonchev–Trinajstić information content (AvgIpc) is 3.13. The van der Waals surface area contributed by atoms with Gasteiger partial charge in [0, 0.05) is 61.8 Å². The fourth-order valence-electron chi connectivity index (χ4n) is 6.96. The number of hydrogen-bond acceptors (Lipinski definition) is 5. The standard InChI is InChI=1S/C34H39ClN4O4/c1-34(2)13-12-24(28(19-34)22-4-7-26(35)8-5-22)20-37-14-3-15-38(17-16-37)32(42)23-6-9-27-25(18-23)21-39(33(27)43)29-10-11-30(40)36-31(29)41/h4-9,18,29H,3,10-17,19-21H2,1-2H3,(H,36,40,41). The first-order valence-corrected chi connectivity index (χ1v) is 15.7. The Morgan fingerprint density at radius 1 is 1.00 bits per heavy atom. The van der Waals surface area contributed by atoms with Crippen molar-refractivity contribution in [2.24, 2.45) is 5.41 Å². The quantitative estimate of drug-likeness (QED) is 0.491. The van der Waals surface area contributed by atoms with Gasteiger partial charge in [-0.1, -0.05) is 43.2 Å². The molecule has 1 atom stereocenters. The average molecular weight is 603 g/mol. The van der Waals surface area contributed by atoms with Gasteiger partial charge in [-0.05, 0) is 84.6 Å². The highest BCUT2D eigenvalue weighted by Crippen LogP contribution is 2.43. The Bertz CT molecular complexity index is 1500. The molecule has 2 aromatic rings. The van der Waals surface area contributed by atoms with E-state index in [4.69, 9.17) is 11.6 Å². The van der Waals surface area contributed by atoms with Gasteiger partial charge in [0.1, 0.15) is 6.04 Å². The number of hydrogen-bond donors (Lipinski definition) is 1. The molecule has 3 heterocycles. The third-order valence-corrected chi connectivity index (χ3v) is 9.69. The predicted octanol–water partition coefficient (Wildman–Crippen LogP) is 4.91.